The Balaban J connectivity index is 1.68. The molecule has 0 unspecified atom stereocenters. The molecule has 2 heterocycles. The summed E-state index contributed by atoms with van der Waals surface area (Å²) in [6.45, 7) is 7.45. The van der Waals surface area contributed by atoms with E-state index in [1.165, 1.54) is 0 Å². The molecule has 2 aromatic carbocycles. The Labute approximate surface area is 188 Å². The lowest BCUT2D eigenvalue weighted by Gasteiger charge is -2.32. The fraction of sp³-hybridized carbons (Fsp3) is 0.360. The number of amides is 1. The van der Waals surface area contributed by atoms with Gasteiger partial charge in [0.1, 0.15) is 0 Å². The molecule has 6 heteroatoms. The van der Waals surface area contributed by atoms with Gasteiger partial charge < -0.3 is 9.64 Å². The summed E-state index contributed by atoms with van der Waals surface area (Å²) in [6.07, 6.45) is 6.09. The van der Waals surface area contributed by atoms with Crippen molar-refractivity contribution in [3.05, 3.63) is 76.1 Å². The van der Waals surface area contributed by atoms with E-state index < -0.39 is 0 Å². The number of nitrogens with zero attached hydrogens (tertiary/aromatic N) is 3. The second-order valence-corrected chi connectivity index (χ2v) is 8.48. The minimum absolute atomic E-state index is 0.00114. The summed E-state index contributed by atoms with van der Waals surface area (Å²) in [5.41, 5.74) is 4.72. The van der Waals surface area contributed by atoms with Crippen molar-refractivity contribution >= 4 is 17.5 Å². The largest absolute Gasteiger partial charge is 0.491 e. The van der Waals surface area contributed by atoms with E-state index in [9.17, 15) is 4.79 Å². The fourth-order valence-electron chi connectivity index (χ4n) is 3.98. The van der Waals surface area contributed by atoms with Gasteiger partial charge in [0.05, 0.1) is 22.9 Å². The topological polar surface area (TPSA) is 47.4 Å². The third-order valence-corrected chi connectivity index (χ3v) is 6.53. The maximum absolute atomic E-state index is 13.4. The maximum Gasteiger partial charge on any atom is 0.257 e. The highest BCUT2D eigenvalue weighted by molar-refractivity contribution is 6.33. The van der Waals surface area contributed by atoms with Gasteiger partial charge in [0.2, 0.25) is 0 Å². The summed E-state index contributed by atoms with van der Waals surface area (Å²) in [6, 6.07) is 12.3. The molecule has 1 aromatic heterocycles. The van der Waals surface area contributed by atoms with Crippen LogP contribution < -0.4 is 4.74 Å². The molecular formula is C25H28ClN3O2. The molecule has 1 atom stereocenters. The molecule has 0 saturated heterocycles. The Morgan fingerprint density at radius 2 is 2.03 bits per heavy atom. The van der Waals surface area contributed by atoms with E-state index in [4.69, 9.17) is 16.3 Å². The van der Waals surface area contributed by atoms with Gasteiger partial charge in [0.15, 0.2) is 5.75 Å². The van der Waals surface area contributed by atoms with Crippen molar-refractivity contribution in [2.45, 2.75) is 46.1 Å². The number of carbonyl (C=O) groups excluding carboxylic acids is 1. The van der Waals surface area contributed by atoms with Crippen LogP contribution in [0.3, 0.4) is 0 Å². The first kappa shape index (κ1) is 21.4. The Morgan fingerprint density at radius 1 is 1.26 bits per heavy atom. The molecule has 0 fully saturated rings. The first-order valence-corrected chi connectivity index (χ1v) is 11.2. The average Bonchev–Trinajstić information content (AvgIpc) is 3.31. The minimum Gasteiger partial charge on any atom is -0.491 e. The van der Waals surface area contributed by atoms with E-state index in [1.807, 2.05) is 47.0 Å². The van der Waals surface area contributed by atoms with E-state index >= 15 is 0 Å². The Kier molecular flexibility index (Phi) is 6.33. The Hall–Kier alpha value is -2.79. The smallest absolute Gasteiger partial charge is 0.257 e. The van der Waals surface area contributed by atoms with Gasteiger partial charge in [-0.15, -0.1) is 0 Å². The van der Waals surface area contributed by atoms with E-state index in [-0.39, 0.29) is 11.9 Å². The molecule has 1 amide bonds. The van der Waals surface area contributed by atoms with Gasteiger partial charge in [-0.05, 0) is 74.1 Å². The molecule has 0 N–H and O–H groups in total. The summed E-state index contributed by atoms with van der Waals surface area (Å²) >= 11 is 6.72. The molecule has 1 aliphatic heterocycles. The van der Waals surface area contributed by atoms with Crippen LogP contribution in [0.25, 0.3) is 5.69 Å². The number of benzene rings is 2. The Morgan fingerprint density at radius 3 is 2.71 bits per heavy atom. The van der Waals surface area contributed by atoms with E-state index in [2.05, 4.69) is 31.1 Å². The predicted molar refractivity (Wildman–Crippen MR) is 123 cm³/mol. The summed E-state index contributed by atoms with van der Waals surface area (Å²) in [5, 5.41) is 4.81. The second-order valence-electron chi connectivity index (χ2n) is 8.10. The zero-order valence-electron chi connectivity index (χ0n) is 18.3. The number of fused-ring (bicyclic) bond motifs is 1. The van der Waals surface area contributed by atoms with Crippen LogP contribution in [0.5, 0.6) is 5.75 Å². The summed E-state index contributed by atoms with van der Waals surface area (Å²) in [5.74, 6) is 0.524. The molecule has 0 aliphatic carbocycles. The SMILES string of the molecule is CC[C@H](C)N1CCCOc2c(cc(Cc3ccc(-n4cccn4)cc3)c(C)c2Cl)C1=O. The maximum atomic E-state index is 13.4. The number of rotatable bonds is 5. The number of hydrogen-bond donors (Lipinski definition) is 0. The number of halogens is 1. The molecule has 1 aliphatic rings. The number of ether oxygens (including phenoxy) is 1. The molecule has 162 valence electrons. The van der Waals surface area contributed by atoms with Gasteiger partial charge in [-0.1, -0.05) is 30.7 Å². The van der Waals surface area contributed by atoms with Crippen LogP contribution in [0.2, 0.25) is 5.02 Å². The molecule has 4 rings (SSSR count). The van der Waals surface area contributed by atoms with Crippen molar-refractivity contribution < 1.29 is 9.53 Å². The van der Waals surface area contributed by atoms with Gasteiger partial charge in [0, 0.05) is 25.0 Å². The van der Waals surface area contributed by atoms with Crippen LogP contribution in [0, 0.1) is 6.92 Å². The van der Waals surface area contributed by atoms with Crippen LogP contribution in [0.15, 0.2) is 48.8 Å². The van der Waals surface area contributed by atoms with Gasteiger partial charge in [-0.25, -0.2) is 4.68 Å². The second kappa shape index (κ2) is 9.15. The van der Waals surface area contributed by atoms with Crippen LogP contribution >= 0.6 is 11.6 Å². The Bertz CT molecular complexity index is 1060. The third kappa shape index (κ3) is 4.33. The summed E-state index contributed by atoms with van der Waals surface area (Å²) in [4.78, 5) is 15.4. The first-order valence-electron chi connectivity index (χ1n) is 10.8. The molecule has 0 radical (unpaired) electrons. The number of hydrogen-bond acceptors (Lipinski definition) is 3. The van der Waals surface area contributed by atoms with Gasteiger partial charge in [0.25, 0.3) is 5.91 Å². The van der Waals surface area contributed by atoms with Crippen molar-refractivity contribution in [3.8, 4) is 11.4 Å². The zero-order chi connectivity index (χ0) is 22.0. The molecule has 31 heavy (non-hydrogen) atoms. The van der Waals surface area contributed by atoms with Crippen molar-refractivity contribution in [2.75, 3.05) is 13.2 Å². The minimum atomic E-state index is 0.00114. The number of aromatic nitrogens is 2. The van der Waals surface area contributed by atoms with Crippen LogP contribution in [0.4, 0.5) is 0 Å². The first-order chi connectivity index (χ1) is 15.0. The fourth-order valence-corrected chi connectivity index (χ4v) is 4.25. The highest BCUT2D eigenvalue weighted by atomic mass is 35.5. The third-order valence-electron chi connectivity index (χ3n) is 6.08. The molecule has 0 saturated carbocycles. The van der Waals surface area contributed by atoms with Gasteiger partial charge in [-0.3, -0.25) is 4.79 Å². The van der Waals surface area contributed by atoms with Gasteiger partial charge >= 0.3 is 0 Å². The molecule has 0 spiro atoms. The molecule has 0 bridgehead atoms. The van der Waals surface area contributed by atoms with Crippen molar-refractivity contribution in [3.63, 3.8) is 0 Å². The van der Waals surface area contributed by atoms with E-state index in [0.29, 0.717) is 35.9 Å². The van der Waals surface area contributed by atoms with Crippen molar-refractivity contribution in [1.29, 1.82) is 0 Å². The summed E-state index contributed by atoms with van der Waals surface area (Å²) < 4.78 is 7.78. The summed E-state index contributed by atoms with van der Waals surface area (Å²) in [7, 11) is 0. The number of carbonyl (C=O) groups is 1. The van der Waals surface area contributed by atoms with Crippen molar-refractivity contribution in [2.24, 2.45) is 0 Å². The molecular weight excluding hydrogens is 410 g/mol. The van der Waals surface area contributed by atoms with E-state index in [0.717, 1.165) is 35.2 Å². The molecule has 3 aromatic rings. The quantitative estimate of drug-likeness (QED) is 0.533. The average molecular weight is 438 g/mol. The highest BCUT2D eigenvalue weighted by Crippen LogP contribution is 2.37. The lowest BCUT2D eigenvalue weighted by molar-refractivity contribution is 0.0654. The predicted octanol–water partition coefficient (Wildman–Crippen LogP) is 5.45. The normalized spacial score (nSPS) is 15.1. The standard InChI is InChI=1S/C25H28ClN3O2/c1-4-17(2)28-12-6-14-31-24-22(25(28)30)16-20(18(3)23(24)26)15-19-7-9-21(10-8-19)29-13-5-11-27-29/h5,7-11,13,16-17H,4,6,12,14-15H2,1-3H3/t17-/m0/s1. The monoisotopic (exact) mass is 437 g/mol. The van der Waals surface area contributed by atoms with Crippen LogP contribution in [-0.2, 0) is 6.42 Å². The van der Waals surface area contributed by atoms with Crippen LogP contribution in [0.1, 0.15) is 53.7 Å². The van der Waals surface area contributed by atoms with Crippen LogP contribution in [-0.4, -0.2) is 39.8 Å². The van der Waals surface area contributed by atoms with Gasteiger partial charge in [-0.2, -0.15) is 5.10 Å². The van der Waals surface area contributed by atoms with E-state index in [1.54, 1.807) is 6.20 Å². The lowest BCUT2D eigenvalue weighted by Crippen LogP contribution is -2.41. The lowest BCUT2D eigenvalue weighted by atomic mass is 9.96. The zero-order valence-corrected chi connectivity index (χ0v) is 19.0. The highest BCUT2D eigenvalue weighted by Gasteiger charge is 2.28. The molecule has 5 nitrogen and oxygen atoms in total. The van der Waals surface area contributed by atoms with Crippen molar-refractivity contribution in [1.82, 2.24) is 14.7 Å².